The van der Waals surface area contributed by atoms with Crippen LogP contribution in [0.4, 0.5) is 0 Å². The van der Waals surface area contributed by atoms with Gasteiger partial charge >= 0.3 is 0 Å². The normalized spacial score (nSPS) is 18.0. The first kappa shape index (κ1) is 14.1. The first-order valence-electron chi connectivity index (χ1n) is 7.59. The molecule has 1 atom stereocenters. The van der Waals surface area contributed by atoms with Crippen molar-refractivity contribution in [3.05, 3.63) is 46.8 Å². The number of rotatable bonds is 3. The summed E-state index contributed by atoms with van der Waals surface area (Å²) < 4.78 is 7.89. The highest BCUT2D eigenvalue weighted by molar-refractivity contribution is 5.46. The second kappa shape index (κ2) is 5.90. The van der Waals surface area contributed by atoms with E-state index in [0.29, 0.717) is 6.04 Å². The van der Waals surface area contributed by atoms with Crippen LogP contribution in [0, 0.1) is 13.8 Å². The predicted octanol–water partition coefficient (Wildman–Crippen LogP) is 3.04. The molecule has 0 radical (unpaired) electrons. The Hall–Kier alpha value is -1.81. The molecule has 1 N–H and O–H groups in total. The van der Waals surface area contributed by atoms with Crippen LogP contribution in [-0.2, 0) is 13.6 Å². The van der Waals surface area contributed by atoms with Gasteiger partial charge in [-0.3, -0.25) is 4.68 Å². The molecule has 1 aliphatic heterocycles. The molecule has 0 amide bonds. The van der Waals surface area contributed by atoms with Crippen LogP contribution in [0.1, 0.15) is 41.3 Å². The van der Waals surface area contributed by atoms with E-state index in [4.69, 9.17) is 4.74 Å². The van der Waals surface area contributed by atoms with Gasteiger partial charge < -0.3 is 10.1 Å². The van der Waals surface area contributed by atoms with Crippen molar-refractivity contribution in [3.8, 4) is 5.75 Å². The van der Waals surface area contributed by atoms with E-state index < -0.39 is 0 Å². The number of ether oxygens (including phenoxy) is 1. The van der Waals surface area contributed by atoms with E-state index in [2.05, 4.69) is 42.5 Å². The molecule has 4 heteroatoms. The van der Waals surface area contributed by atoms with Gasteiger partial charge in [-0.15, -0.1) is 0 Å². The molecule has 0 saturated carbocycles. The fourth-order valence-electron chi connectivity index (χ4n) is 3.07. The van der Waals surface area contributed by atoms with Gasteiger partial charge in [0, 0.05) is 31.4 Å². The summed E-state index contributed by atoms with van der Waals surface area (Å²) in [5, 5.41) is 7.90. The van der Waals surface area contributed by atoms with Crippen molar-refractivity contribution < 1.29 is 4.74 Å². The Bertz CT molecular complexity index is 633. The molecular formula is C17H23N3O. The van der Waals surface area contributed by atoms with Gasteiger partial charge in [0.2, 0.25) is 0 Å². The Morgan fingerprint density at radius 2 is 2.24 bits per heavy atom. The molecule has 0 aliphatic carbocycles. The average molecular weight is 285 g/mol. The number of hydrogen-bond acceptors (Lipinski definition) is 3. The molecule has 0 saturated heterocycles. The highest BCUT2D eigenvalue weighted by Gasteiger charge is 2.21. The smallest absolute Gasteiger partial charge is 0.126 e. The summed E-state index contributed by atoms with van der Waals surface area (Å²) in [6.45, 7) is 5.92. The summed E-state index contributed by atoms with van der Waals surface area (Å²) in [4.78, 5) is 0. The van der Waals surface area contributed by atoms with E-state index in [-0.39, 0.29) is 0 Å². The van der Waals surface area contributed by atoms with E-state index in [1.54, 1.807) is 0 Å². The van der Waals surface area contributed by atoms with Crippen molar-refractivity contribution >= 4 is 0 Å². The van der Waals surface area contributed by atoms with E-state index in [9.17, 15) is 0 Å². The van der Waals surface area contributed by atoms with Crippen LogP contribution >= 0.6 is 0 Å². The minimum atomic E-state index is 0.344. The van der Waals surface area contributed by atoms with Crippen LogP contribution in [0.5, 0.6) is 5.75 Å². The molecule has 3 rings (SSSR count). The van der Waals surface area contributed by atoms with Gasteiger partial charge in [-0.05, 0) is 38.3 Å². The average Bonchev–Trinajstić information content (AvgIpc) is 2.73. The molecule has 1 aliphatic rings. The second-order valence-corrected chi connectivity index (χ2v) is 5.87. The minimum absolute atomic E-state index is 0.344. The second-order valence-electron chi connectivity index (χ2n) is 5.87. The molecular weight excluding hydrogens is 262 g/mol. The number of nitrogens with one attached hydrogen (secondary N) is 1. The first-order valence-corrected chi connectivity index (χ1v) is 7.59. The van der Waals surface area contributed by atoms with Crippen LogP contribution in [-0.4, -0.2) is 16.4 Å². The largest absolute Gasteiger partial charge is 0.493 e. The fraction of sp³-hybridized carbons (Fsp3) is 0.471. The summed E-state index contributed by atoms with van der Waals surface area (Å²) >= 11 is 0. The maximum absolute atomic E-state index is 5.97. The van der Waals surface area contributed by atoms with Crippen LogP contribution in [0.3, 0.4) is 0 Å². The number of aryl methyl sites for hydroxylation is 3. The maximum atomic E-state index is 5.97. The van der Waals surface area contributed by atoms with E-state index in [1.165, 1.54) is 22.4 Å². The zero-order chi connectivity index (χ0) is 14.8. The van der Waals surface area contributed by atoms with Crippen molar-refractivity contribution in [1.29, 1.82) is 0 Å². The van der Waals surface area contributed by atoms with Gasteiger partial charge in [-0.1, -0.05) is 17.7 Å². The number of hydrogen-bond donors (Lipinski definition) is 1. The lowest BCUT2D eigenvalue weighted by Gasteiger charge is -2.20. The molecule has 0 spiro atoms. The van der Waals surface area contributed by atoms with Crippen LogP contribution in [0.15, 0.2) is 24.4 Å². The molecule has 0 bridgehead atoms. The van der Waals surface area contributed by atoms with Crippen molar-refractivity contribution in [2.24, 2.45) is 7.05 Å². The van der Waals surface area contributed by atoms with Crippen LogP contribution < -0.4 is 10.1 Å². The van der Waals surface area contributed by atoms with Crippen molar-refractivity contribution in [3.63, 3.8) is 0 Å². The highest BCUT2D eigenvalue weighted by atomic mass is 16.5. The molecule has 1 unspecified atom stereocenters. The van der Waals surface area contributed by atoms with E-state index in [0.717, 1.165) is 31.7 Å². The third-order valence-corrected chi connectivity index (χ3v) is 4.16. The Kier molecular flexibility index (Phi) is 3.97. The zero-order valence-corrected chi connectivity index (χ0v) is 13.0. The SMILES string of the molecule is Cc1cc(C)c2c(c1)C(NCc1ccnn1C)CCCO2. The lowest BCUT2D eigenvalue weighted by Crippen LogP contribution is -2.22. The molecule has 112 valence electrons. The molecule has 1 aromatic carbocycles. The van der Waals surface area contributed by atoms with Gasteiger partial charge in [-0.25, -0.2) is 0 Å². The standard InChI is InChI=1S/C17H23N3O/c1-12-9-13(2)17-15(10-12)16(5-4-8-21-17)18-11-14-6-7-19-20(14)3/h6-7,9-10,16,18H,4-5,8,11H2,1-3H3. The van der Waals surface area contributed by atoms with Gasteiger partial charge in [0.1, 0.15) is 5.75 Å². The monoisotopic (exact) mass is 285 g/mol. The molecule has 4 nitrogen and oxygen atoms in total. The van der Waals surface area contributed by atoms with Crippen molar-refractivity contribution in [1.82, 2.24) is 15.1 Å². The van der Waals surface area contributed by atoms with Gasteiger partial charge in [-0.2, -0.15) is 5.10 Å². The lowest BCUT2D eigenvalue weighted by atomic mass is 9.97. The highest BCUT2D eigenvalue weighted by Crippen LogP contribution is 2.35. The third kappa shape index (κ3) is 2.95. The number of aromatic nitrogens is 2. The number of nitrogens with zero attached hydrogens (tertiary/aromatic N) is 2. The summed E-state index contributed by atoms with van der Waals surface area (Å²) in [7, 11) is 1.98. The molecule has 2 heterocycles. The Morgan fingerprint density at radius 3 is 3.00 bits per heavy atom. The Morgan fingerprint density at radius 1 is 1.38 bits per heavy atom. The van der Waals surface area contributed by atoms with Gasteiger partial charge in [0.25, 0.3) is 0 Å². The summed E-state index contributed by atoms with van der Waals surface area (Å²) in [5.41, 5.74) is 5.03. The topological polar surface area (TPSA) is 39.1 Å². The third-order valence-electron chi connectivity index (χ3n) is 4.16. The molecule has 1 aromatic heterocycles. The lowest BCUT2D eigenvalue weighted by molar-refractivity contribution is 0.313. The van der Waals surface area contributed by atoms with E-state index in [1.807, 2.05) is 17.9 Å². The Balaban J connectivity index is 1.84. The molecule has 0 fully saturated rings. The van der Waals surface area contributed by atoms with E-state index >= 15 is 0 Å². The minimum Gasteiger partial charge on any atom is -0.493 e. The van der Waals surface area contributed by atoms with Crippen molar-refractivity contribution in [2.75, 3.05) is 6.61 Å². The van der Waals surface area contributed by atoms with Gasteiger partial charge in [0.15, 0.2) is 0 Å². The summed E-state index contributed by atoms with van der Waals surface area (Å²) in [5.74, 6) is 1.07. The predicted molar refractivity (Wildman–Crippen MR) is 83.4 cm³/mol. The Labute approximate surface area is 126 Å². The van der Waals surface area contributed by atoms with Gasteiger partial charge in [0.05, 0.1) is 12.3 Å². The van der Waals surface area contributed by atoms with Crippen LogP contribution in [0.2, 0.25) is 0 Å². The summed E-state index contributed by atoms with van der Waals surface area (Å²) in [6.07, 6.45) is 4.03. The summed E-state index contributed by atoms with van der Waals surface area (Å²) in [6, 6.07) is 6.86. The zero-order valence-electron chi connectivity index (χ0n) is 13.0. The number of benzene rings is 1. The molecule has 2 aromatic rings. The maximum Gasteiger partial charge on any atom is 0.126 e. The van der Waals surface area contributed by atoms with Crippen LogP contribution in [0.25, 0.3) is 0 Å². The first-order chi connectivity index (χ1) is 10.1. The quantitative estimate of drug-likeness (QED) is 0.942. The number of fused-ring (bicyclic) bond motifs is 1. The van der Waals surface area contributed by atoms with Crippen molar-refractivity contribution in [2.45, 2.75) is 39.3 Å². The fourth-order valence-corrected chi connectivity index (χ4v) is 3.07. The molecule has 21 heavy (non-hydrogen) atoms.